The number of benzene rings is 1. The number of ether oxygens (including phenoxy) is 1. The number of phenolic OH excluding ortho intramolecular Hbond substituents is 1. The quantitative estimate of drug-likeness (QED) is 0.821. The molecular formula is C21H33ClN2O3. The van der Waals surface area contributed by atoms with Gasteiger partial charge in [0.25, 0.3) is 0 Å². The number of aromatic hydroxyl groups is 1. The van der Waals surface area contributed by atoms with Gasteiger partial charge in [-0.2, -0.15) is 0 Å². The van der Waals surface area contributed by atoms with Crippen LogP contribution in [-0.2, 0) is 11.3 Å². The van der Waals surface area contributed by atoms with Crippen LogP contribution in [0.1, 0.15) is 50.5 Å². The minimum absolute atomic E-state index is 0. The van der Waals surface area contributed by atoms with Crippen LogP contribution in [0.15, 0.2) is 18.2 Å². The molecule has 1 N–H and O–H groups in total. The zero-order valence-corrected chi connectivity index (χ0v) is 17.3. The van der Waals surface area contributed by atoms with Gasteiger partial charge in [-0.25, -0.2) is 0 Å². The summed E-state index contributed by atoms with van der Waals surface area (Å²) in [7, 11) is 3.57. The number of hydrogen-bond acceptors (Lipinski definition) is 4. The Labute approximate surface area is 169 Å². The first-order valence-corrected chi connectivity index (χ1v) is 9.94. The molecule has 152 valence electrons. The number of para-hydroxylation sites is 1. The fraction of sp³-hybridized carbons (Fsp3) is 0.667. The van der Waals surface area contributed by atoms with E-state index in [2.05, 4.69) is 4.90 Å². The van der Waals surface area contributed by atoms with Gasteiger partial charge >= 0.3 is 0 Å². The third-order valence-electron chi connectivity index (χ3n) is 6.10. The van der Waals surface area contributed by atoms with Gasteiger partial charge in [0.2, 0.25) is 5.91 Å². The minimum atomic E-state index is 0. The smallest absolute Gasteiger partial charge is 0.225 e. The van der Waals surface area contributed by atoms with E-state index in [0.717, 1.165) is 44.3 Å². The molecule has 2 aliphatic rings. The predicted molar refractivity (Wildman–Crippen MR) is 110 cm³/mol. The molecule has 0 bridgehead atoms. The maximum absolute atomic E-state index is 12.9. The van der Waals surface area contributed by atoms with Gasteiger partial charge in [0.05, 0.1) is 7.11 Å². The Kier molecular flexibility index (Phi) is 8.24. The Hall–Kier alpha value is -1.46. The number of nitrogens with zero attached hydrogens (tertiary/aromatic N) is 2. The van der Waals surface area contributed by atoms with E-state index in [1.807, 2.05) is 24.1 Å². The number of rotatable bonds is 5. The third kappa shape index (κ3) is 5.29. The van der Waals surface area contributed by atoms with E-state index >= 15 is 0 Å². The Morgan fingerprint density at radius 3 is 2.48 bits per heavy atom. The number of phenols is 1. The molecule has 6 heteroatoms. The highest BCUT2D eigenvalue weighted by atomic mass is 35.5. The number of methoxy groups -OCH3 is 1. The molecule has 27 heavy (non-hydrogen) atoms. The van der Waals surface area contributed by atoms with Crippen molar-refractivity contribution in [2.45, 2.75) is 57.5 Å². The molecule has 0 radical (unpaired) electrons. The van der Waals surface area contributed by atoms with Crippen molar-refractivity contribution in [3.63, 3.8) is 0 Å². The molecule has 1 saturated carbocycles. The lowest BCUT2D eigenvalue weighted by Crippen LogP contribution is -2.45. The minimum Gasteiger partial charge on any atom is -0.504 e. The predicted octanol–water partition coefficient (Wildman–Crippen LogP) is 3.83. The number of carbonyl (C=O) groups is 1. The molecule has 1 aliphatic carbocycles. The zero-order valence-electron chi connectivity index (χ0n) is 16.5. The van der Waals surface area contributed by atoms with Crippen LogP contribution in [-0.4, -0.2) is 54.1 Å². The maximum atomic E-state index is 12.9. The molecule has 1 aromatic rings. The van der Waals surface area contributed by atoms with Gasteiger partial charge in [-0.15, -0.1) is 12.4 Å². The summed E-state index contributed by atoms with van der Waals surface area (Å²) in [5.74, 6) is 1.23. The van der Waals surface area contributed by atoms with Crippen LogP contribution < -0.4 is 4.74 Å². The molecule has 3 rings (SSSR count). The highest BCUT2D eigenvalue weighted by molar-refractivity contribution is 5.85. The van der Waals surface area contributed by atoms with Crippen LogP contribution in [0.2, 0.25) is 0 Å². The SMILES string of the molecule is COc1cccc(CN2CCC(C(=O)N(C)C3CCCCC3)CC2)c1O.Cl. The summed E-state index contributed by atoms with van der Waals surface area (Å²) in [6.45, 7) is 2.49. The molecule has 1 aromatic carbocycles. The number of amides is 1. The monoisotopic (exact) mass is 396 g/mol. The van der Waals surface area contributed by atoms with E-state index < -0.39 is 0 Å². The summed E-state index contributed by atoms with van der Waals surface area (Å²) in [4.78, 5) is 17.2. The Morgan fingerprint density at radius 2 is 1.85 bits per heavy atom. The van der Waals surface area contributed by atoms with Gasteiger partial charge in [0, 0.05) is 31.1 Å². The fourth-order valence-corrected chi connectivity index (χ4v) is 4.38. The number of halogens is 1. The summed E-state index contributed by atoms with van der Waals surface area (Å²) < 4.78 is 5.19. The largest absolute Gasteiger partial charge is 0.504 e. The average molecular weight is 397 g/mol. The molecule has 0 aromatic heterocycles. The molecule has 5 nitrogen and oxygen atoms in total. The molecule has 1 heterocycles. The van der Waals surface area contributed by atoms with Crippen molar-refractivity contribution in [3.05, 3.63) is 23.8 Å². The Bertz CT molecular complexity index is 611. The lowest BCUT2D eigenvalue weighted by Gasteiger charge is -2.37. The number of carbonyl (C=O) groups excluding carboxylic acids is 1. The second-order valence-electron chi connectivity index (χ2n) is 7.76. The van der Waals surface area contributed by atoms with E-state index in [0.29, 0.717) is 24.2 Å². The zero-order chi connectivity index (χ0) is 18.5. The van der Waals surface area contributed by atoms with Crippen LogP contribution in [0.5, 0.6) is 11.5 Å². The van der Waals surface area contributed by atoms with Gasteiger partial charge in [0.1, 0.15) is 0 Å². The summed E-state index contributed by atoms with van der Waals surface area (Å²) in [5.41, 5.74) is 0.883. The Balaban J connectivity index is 0.00000261. The van der Waals surface area contributed by atoms with E-state index in [1.54, 1.807) is 13.2 Å². The fourth-order valence-electron chi connectivity index (χ4n) is 4.38. The third-order valence-corrected chi connectivity index (χ3v) is 6.10. The highest BCUT2D eigenvalue weighted by Gasteiger charge is 2.30. The summed E-state index contributed by atoms with van der Waals surface area (Å²) in [6.07, 6.45) is 7.96. The molecule has 1 aliphatic heterocycles. The van der Waals surface area contributed by atoms with Crippen molar-refractivity contribution in [2.75, 3.05) is 27.2 Å². The molecule has 0 atom stereocenters. The molecule has 1 amide bonds. The van der Waals surface area contributed by atoms with E-state index in [4.69, 9.17) is 4.74 Å². The summed E-state index contributed by atoms with van der Waals surface area (Å²) in [5, 5.41) is 10.3. The van der Waals surface area contributed by atoms with Crippen LogP contribution in [0, 0.1) is 5.92 Å². The second-order valence-corrected chi connectivity index (χ2v) is 7.76. The van der Waals surface area contributed by atoms with Crippen molar-refractivity contribution < 1.29 is 14.6 Å². The lowest BCUT2D eigenvalue weighted by atomic mass is 9.91. The van der Waals surface area contributed by atoms with Gasteiger partial charge in [0.15, 0.2) is 11.5 Å². The van der Waals surface area contributed by atoms with Crippen molar-refractivity contribution in [2.24, 2.45) is 5.92 Å². The molecule has 0 spiro atoms. The first-order chi connectivity index (χ1) is 12.6. The first kappa shape index (κ1) is 21.8. The van der Waals surface area contributed by atoms with Crippen LogP contribution >= 0.6 is 12.4 Å². The topological polar surface area (TPSA) is 53.0 Å². The average Bonchev–Trinajstić information content (AvgIpc) is 2.69. The molecular weight excluding hydrogens is 364 g/mol. The maximum Gasteiger partial charge on any atom is 0.225 e. The van der Waals surface area contributed by atoms with Crippen molar-refractivity contribution in [1.29, 1.82) is 0 Å². The summed E-state index contributed by atoms with van der Waals surface area (Å²) >= 11 is 0. The van der Waals surface area contributed by atoms with E-state index in [9.17, 15) is 9.90 Å². The molecule has 1 saturated heterocycles. The molecule has 2 fully saturated rings. The summed E-state index contributed by atoms with van der Waals surface area (Å²) in [6, 6.07) is 6.06. The van der Waals surface area contributed by atoms with Crippen LogP contribution in [0.3, 0.4) is 0 Å². The second kappa shape index (κ2) is 10.2. The number of piperidine rings is 1. The van der Waals surface area contributed by atoms with Crippen molar-refractivity contribution in [3.8, 4) is 11.5 Å². The van der Waals surface area contributed by atoms with Crippen molar-refractivity contribution >= 4 is 18.3 Å². The highest BCUT2D eigenvalue weighted by Crippen LogP contribution is 2.31. The van der Waals surface area contributed by atoms with Crippen LogP contribution in [0.25, 0.3) is 0 Å². The van der Waals surface area contributed by atoms with E-state index in [-0.39, 0.29) is 24.1 Å². The van der Waals surface area contributed by atoms with Crippen LogP contribution in [0.4, 0.5) is 0 Å². The van der Waals surface area contributed by atoms with Gasteiger partial charge in [-0.1, -0.05) is 31.4 Å². The van der Waals surface area contributed by atoms with Crippen molar-refractivity contribution in [1.82, 2.24) is 9.80 Å². The van der Waals surface area contributed by atoms with Gasteiger partial charge in [-0.05, 0) is 44.8 Å². The Morgan fingerprint density at radius 1 is 1.19 bits per heavy atom. The lowest BCUT2D eigenvalue weighted by molar-refractivity contribution is -0.138. The van der Waals surface area contributed by atoms with Gasteiger partial charge < -0.3 is 14.7 Å². The van der Waals surface area contributed by atoms with E-state index in [1.165, 1.54) is 19.3 Å². The normalized spacial score (nSPS) is 19.3. The number of likely N-dealkylation sites (tertiary alicyclic amines) is 1. The molecule has 0 unspecified atom stereocenters. The standard InChI is InChI=1S/C21H32N2O3.ClH/c1-22(18-8-4-3-5-9-18)21(25)16-11-13-23(14-12-16)15-17-7-6-10-19(26-2)20(17)24;/h6-7,10,16,18,24H,3-5,8-9,11-15H2,1-2H3;1H. The van der Waals surface area contributed by atoms with Gasteiger partial charge in [-0.3, -0.25) is 9.69 Å². The number of hydrogen-bond donors (Lipinski definition) is 1. The first-order valence-electron chi connectivity index (χ1n) is 9.94.